The van der Waals surface area contributed by atoms with Gasteiger partial charge in [-0.1, -0.05) is 47.7 Å². The lowest BCUT2D eigenvalue weighted by atomic mass is 10.1. The second-order valence-electron chi connectivity index (χ2n) is 6.83. The number of carbonyl (C=O) groups excluding carboxylic acids is 2. The first-order valence-corrected chi connectivity index (χ1v) is 10.7. The van der Waals surface area contributed by atoms with Crippen LogP contribution >= 0.6 is 35.6 Å². The number of ether oxygens (including phenoxy) is 2. The summed E-state index contributed by atoms with van der Waals surface area (Å²) in [6, 6.07) is 13.0. The van der Waals surface area contributed by atoms with Crippen molar-refractivity contribution >= 4 is 58.0 Å². The first-order valence-electron chi connectivity index (χ1n) is 9.10. The summed E-state index contributed by atoms with van der Waals surface area (Å²) >= 11 is 12.6. The molecule has 4 rings (SSSR count). The van der Waals surface area contributed by atoms with Gasteiger partial charge in [0.25, 0.3) is 5.91 Å². The fourth-order valence-corrected chi connectivity index (χ4v) is 4.34. The number of nitrogens with zero attached hydrogens (tertiary/aromatic N) is 1. The third kappa shape index (κ3) is 4.61. The summed E-state index contributed by atoms with van der Waals surface area (Å²) in [6.07, 6.45) is 2.13. The van der Waals surface area contributed by atoms with Crippen LogP contribution in [0.2, 0.25) is 5.02 Å². The van der Waals surface area contributed by atoms with E-state index in [1.54, 1.807) is 36.2 Å². The molecule has 0 aromatic heterocycles. The molecule has 1 atom stereocenters. The molecule has 0 saturated carbocycles. The van der Waals surface area contributed by atoms with E-state index in [9.17, 15) is 9.59 Å². The number of hydrogen-bond acceptors (Lipinski definition) is 6. The van der Waals surface area contributed by atoms with Crippen molar-refractivity contribution in [2.24, 2.45) is 0 Å². The molecule has 2 fully saturated rings. The quantitative estimate of drug-likeness (QED) is 0.519. The van der Waals surface area contributed by atoms with Crippen molar-refractivity contribution in [2.45, 2.75) is 12.5 Å². The molecular formula is C21H17ClN2O4S2. The smallest absolute Gasteiger partial charge is 0.409 e. The van der Waals surface area contributed by atoms with Crippen LogP contribution in [0.1, 0.15) is 11.1 Å². The molecule has 2 aliphatic heterocycles. The number of cyclic esters (lactones) is 1. The van der Waals surface area contributed by atoms with Crippen molar-refractivity contribution in [1.82, 2.24) is 10.2 Å². The highest BCUT2D eigenvalue weighted by Crippen LogP contribution is 2.31. The van der Waals surface area contributed by atoms with Gasteiger partial charge in [0.05, 0.1) is 16.0 Å². The van der Waals surface area contributed by atoms with Gasteiger partial charge in [0, 0.05) is 7.05 Å². The van der Waals surface area contributed by atoms with Crippen molar-refractivity contribution in [1.29, 1.82) is 0 Å². The second-order valence-corrected chi connectivity index (χ2v) is 8.95. The van der Waals surface area contributed by atoms with Crippen molar-refractivity contribution in [2.75, 3.05) is 13.7 Å². The number of thioether (sulfide) groups is 1. The van der Waals surface area contributed by atoms with Gasteiger partial charge >= 0.3 is 6.09 Å². The number of halogens is 1. The van der Waals surface area contributed by atoms with Crippen molar-refractivity contribution in [3.8, 4) is 11.5 Å². The molecule has 154 valence electrons. The third-order valence-electron chi connectivity index (χ3n) is 4.77. The molecule has 2 saturated heterocycles. The van der Waals surface area contributed by atoms with Crippen LogP contribution < -0.4 is 10.1 Å². The Hall–Kier alpha value is -2.55. The molecule has 9 heteroatoms. The highest BCUT2D eigenvalue weighted by Gasteiger charge is 2.29. The van der Waals surface area contributed by atoms with Crippen molar-refractivity contribution in [3.63, 3.8) is 0 Å². The molecule has 2 heterocycles. The SMILES string of the molecule is CN1C(=O)OCC1Cc1ccc(Oc2ccc(C=C3SC(=S)NC3=O)c(Cl)c2)cc1. The maximum absolute atomic E-state index is 11.8. The summed E-state index contributed by atoms with van der Waals surface area (Å²) in [5.41, 5.74) is 1.79. The Morgan fingerprint density at radius 2 is 2.00 bits per heavy atom. The van der Waals surface area contributed by atoms with Crippen LogP contribution in [0, 0.1) is 0 Å². The Morgan fingerprint density at radius 3 is 2.60 bits per heavy atom. The van der Waals surface area contributed by atoms with Gasteiger partial charge in [-0.15, -0.1) is 0 Å². The zero-order chi connectivity index (χ0) is 21.3. The lowest BCUT2D eigenvalue weighted by Gasteiger charge is -2.16. The van der Waals surface area contributed by atoms with Gasteiger partial charge in [0.1, 0.15) is 22.4 Å². The number of likely N-dealkylation sites (N-methyl/N-ethyl adjacent to an activating group) is 1. The molecule has 30 heavy (non-hydrogen) atoms. The zero-order valence-corrected chi connectivity index (χ0v) is 18.3. The molecule has 0 radical (unpaired) electrons. The molecule has 0 aliphatic carbocycles. The van der Waals surface area contributed by atoms with Gasteiger partial charge in [-0.25, -0.2) is 4.79 Å². The third-order valence-corrected chi connectivity index (χ3v) is 6.26. The predicted octanol–water partition coefficient (Wildman–Crippen LogP) is 4.61. The number of thiocarbonyl (C=S) groups is 1. The number of carbonyl (C=O) groups is 2. The van der Waals surface area contributed by atoms with E-state index in [0.717, 1.165) is 5.56 Å². The van der Waals surface area contributed by atoms with E-state index in [2.05, 4.69) is 5.32 Å². The van der Waals surface area contributed by atoms with Crippen molar-refractivity contribution in [3.05, 3.63) is 63.5 Å². The minimum absolute atomic E-state index is 0.0409. The van der Waals surface area contributed by atoms with Crippen molar-refractivity contribution < 1.29 is 19.1 Å². The maximum atomic E-state index is 11.8. The van der Waals surface area contributed by atoms with Crippen LogP contribution in [0.4, 0.5) is 4.79 Å². The molecule has 0 spiro atoms. The Balaban J connectivity index is 1.41. The van der Waals surface area contributed by atoms with Gasteiger partial charge in [0.2, 0.25) is 0 Å². The van der Waals surface area contributed by atoms with Crippen LogP contribution in [0.15, 0.2) is 47.4 Å². The summed E-state index contributed by atoms with van der Waals surface area (Å²) < 4.78 is 11.4. The van der Waals surface area contributed by atoms with E-state index < -0.39 is 0 Å². The molecule has 0 bridgehead atoms. The number of benzene rings is 2. The number of hydrogen-bond donors (Lipinski definition) is 1. The van der Waals surface area contributed by atoms with E-state index in [1.807, 2.05) is 24.3 Å². The second kappa shape index (κ2) is 8.67. The normalized spacial score (nSPS) is 19.9. The number of rotatable bonds is 5. The van der Waals surface area contributed by atoms with Crippen LogP contribution in [0.3, 0.4) is 0 Å². The predicted molar refractivity (Wildman–Crippen MR) is 121 cm³/mol. The molecule has 6 nitrogen and oxygen atoms in total. The van der Waals surface area contributed by atoms with Gasteiger partial charge in [0.15, 0.2) is 0 Å². The van der Waals surface area contributed by atoms with Gasteiger partial charge in [-0.3, -0.25) is 4.79 Å². The van der Waals surface area contributed by atoms with Gasteiger partial charge in [-0.2, -0.15) is 0 Å². The van der Waals surface area contributed by atoms with E-state index >= 15 is 0 Å². The first-order chi connectivity index (χ1) is 14.4. The molecule has 2 aliphatic rings. The van der Waals surface area contributed by atoms with Crippen LogP contribution in [-0.4, -0.2) is 40.9 Å². The number of nitrogens with one attached hydrogen (secondary N) is 1. The first kappa shape index (κ1) is 20.7. The van der Waals surface area contributed by atoms with Gasteiger partial charge < -0.3 is 19.7 Å². The van der Waals surface area contributed by atoms with Gasteiger partial charge in [-0.05, 0) is 54.0 Å². The topological polar surface area (TPSA) is 67.9 Å². The van der Waals surface area contributed by atoms with Crippen LogP contribution in [-0.2, 0) is 16.0 Å². The summed E-state index contributed by atoms with van der Waals surface area (Å²) in [4.78, 5) is 25.4. The number of amides is 2. The highest BCUT2D eigenvalue weighted by molar-refractivity contribution is 8.26. The standard InChI is InChI=1S/C21H17ClN2O4S2/c1-24-14(11-27-21(24)26)8-12-2-5-15(6-3-12)28-16-7-4-13(17(22)10-16)9-18-19(25)23-20(29)30-18/h2-7,9-10,14H,8,11H2,1H3,(H,23,25,29). The van der Waals surface area contributed by atoms with Crippen LogP contribution in [0.25, 0.3) is 6.08 Å². The monoisotopic (exact) mass is 460 g/mol. The zero-order valence-electron chi connectivity index (χ0n) is 15.9. The molecule has 2 aromatic carbocycles. The fraction of sp³-hybridized carbons (Fsp3) is 0.190. The van der Waals surface area contributed by atoms with E-state index in [4.69, 9.17) is 33.3 Å². The summed E-state index contributed by atoms with van der Waals surface area (Å²) in [6.45, 7) is 0.403. The highest BCUT2D eigenvalue weighted by atomic mass is 35.5. The minimum atomic E-state index is -0.286. The molecular weight excluding hydrogens is 444 g/mol. The minimum Gasteiger partial charge on any atom is -0.457 e. The van der Waals surface area contributed by atoms with E-state index in [1.165, 1.54) is 11.8 Å². The lowest BCUT2D eigenvalue weighted by molar-refractivity contribution is -0.115. The van der Waals surface area contributed by atoms with Crippen LogP contribution in [0.5, 0.6) is 11.5 Å². The Morgan fingerprint density at radius 1 is 1.27 bits per heavy atom. The largest absolute Gasteiger partial charge is 0.457 e. The summed E-state index contributed by atoms with van der Waals surface area (Å²) in [5.74, 6) is 1.04. The van der Waals surface area contributed by atoms with E-state index in [-0.39, 0.29) is 18.0 Å². The fourth-order valence-electron chi connectivity index (χ4n) is 3.08. The Labute approximate surface area is 188 Å². The molecule has 2 aromatic rings. The summed E-state index contributed by atoms with van der Waals surface area (Å²) in [7, 11) is 1.74. The molecule has 1 N–H and O–H groups in total. The molecule has 1 unspecified atom stereocenters. The summed E-state index contributed by atoms with van der Waals surface area (Å²) in [5, 5.41) is 3.04. The Bertz CT molecular complexity index is 1060. The maximum Gasteiger partial charge on any atom is 0.409 e. The molecule has 2 amide bonds. The van der Waals surface area contributed by atoms with E-state index in [0.29, 0.717) is 44.3 Å². The Kier molecular flexibility index (Phi) is 5.99. The lowest BCUT2D eigenvalue weighted by Crippen LogP contribution is -2.30. The average Bonchev–Trinajstić information content (AvgIpc) is 3.20. The average molecular weight is 461 g/mol.